The van der Waals surface area contributed by atoms with Gasteiger partial charge in [-0.05, 0) is 97.1 Å². The summed E-state index contributed by atoms with van der Waals surface area (Å²) in [6, 6.07) is 45.0. The van der Waals surface area contributed by atoms with Gasteiger partial charge in [0.2, 0.25) is 0 Å². The van der Waals surface area contributed by atoms with Crippen molar-refractivity contribution in [2.24, 2.45) is 0 Å². The molecule has 8 heteroatoms. The molecule has 0 spiro atoms. The molecular formula is C36H20S8. The highest BCUT2D eigenvalue weighted by Crippen LogP contribution is 2.52. The van der Waals surface area contributed by atoms with Crippen molar-refractivity contribution in [1.82, 2.24) is 0 Å². The van der Waals surface area contributed by atoms with Crippen LogP contribution in [-0.4, -0.2) is 0 Å². The summed E-state index contributed by atoms with van der Waals surface area (Å²) in [4.78, 5) is 5.40. The number of hydrogen-bond donors (Lipinski definition) is 0. The lowest BCUT2D eigenvalue weighted by atomic mass is 10.3. The van der Waals surface area contributed by atoms with E-state index >= 15 is 0 Å². The Morgan fingerprint density at radius 1 is 0.273 bits per heavy atom. The van der Waals surface area contributed by atoms with Crippen LogP contribution in [0.15, 0.2) is 141 Å². The Hall–Kier alpha value is -2.40. The van der Waals surface area contributed by atoms with Gasteiger partial charge in [0.25, 0.3) is 0 Å². The first-order valence-electron chi connectivity index (χ1n) is 13.9. The summed E-state index contributed by atoms with van der Waals surface area (Å²) in [5.74, 6) is 0. The third kappa shape index (κ3) is 5.29. The summed E-state index contributed by atoms with van der Waals surface area (Å²) in [6.07, 6.45) is 0. The van der Waals surface area contributed by atoms with E-state index in [0.717, 1.165) is 0 Å². The lowest BCUT2D eigenvalue weighted by Crippen LogP contribution is -1.99. The third-order valence-corrected chi connectivity index (χ3v) is 16.6. The van der Waals surface area contributed by atoms with Crippen molar-refractivity contribution in [2.45, 2.75) is 19.6 Å². The molecule has 0 saturated carbocycles. The SMILES string of the molecule is c1ccc2c(c1)SC(=c1c3ccc(ccc4ccc(s4)c(=C4Sc5ccccc5S4)c4ccc(ccc5ccc1s5)s4)s3)S2. The lowest BCUT2D eigenvalue weighted by Gasteiger charge is -1.95. The van der Waals surface area contributed by atoms with Crippen LogP contribution in [0.5, 0.6) is 0 Å². The van der Waals surface area contributed by atoms with Crippen LogP contribution >= 0.6 is 92.4 Å². The maximum atomic E-state index is 2.31. The van der Waals surface area contributed by atoms with Gasteiger partial charge in [0.15, 0.2) is 0 Å². The van der Waals surface area contributed by atoms with Gasteiger partial charge in [0.1, 0.15) is 0 Å². The highest BCUT2D eigenvalue weighted by Gasteiger charge is 2.20. The van der Waals surface area contributed by atoms with Gasteiger partial charge >= 0.3 is 0 Å². The zero-order chi connectivity index (χ0) is 29.0. The Balaban J connectivity index is 1.32. The standard InChI is InChI=1S/C36H20S8/c1-2-6-26-25(5-1)41-35(42-26)33-29-17-13-21(37-29)9-11-23-15-19-31(39-23)34(36-43-27-7-3-4-8-28(27)44-36)32-20-16-24(40-32)12-10-22-14-18-30(33)38-22/h1-20H. The average molecular weight is 709 g/mol. The van der Waals surface area contributed by atoms with E-state index in [1.165, 1.54) is 76.1 Å². The Bertz CT molecular complexity index is 2180. The molecule has 2 aliphatic heterocycles. The first kappa shape index (κ1) is 27.9. The van der Waals surface area contributed by atoms with E-state index < -0.39 is 0 Å². The number of fused-ring (bicyclic) bond motifs is 10. The maximum Gasteiger partial charge on any atom is 0.0600 e. The van der Waals surface area contributed by atoms with Gasteiger partial charge < -0.3 is 0 Å². The van der Waals surface area contributed by atoms with E-state index in [1.807, 2.05) is 92.4 Å². The largest absolute Gasteiger partial charge is 0.136 e. The second kappa shape index (κ2) is 11.8. The van der Waals surface area contributed by atoms with E-state index in [9.17, 15) is 0 Å². The van der Waals surface area contributed by atoms with Crippen LogP contribution in [0.4, 0.5) is 0 Å². The second-order valence-electron chi connectivity index (χ2n) is 10.1. The highest BCUT2D eigenvalue weighted by molar-refractivity contribution is 8.32. The fourth-order valence-electron chi connectivity index (χ4n) is 5.16. The average Bonchev–Trinajstić information content (AvgIpc) is 3.89. The van der Waals surface area contributed by atoms with Crippen molar-refractivity contribution < 1.29 is 0 Å². The third-order valence-electron chi connectivity index (χ3n) is 7.23. The van der Waals surface area contributed by atoms with E-state index in [-0.39, 0.29) is 0 Å². The van der Waals surface area contributed by atoms with Crippen molar-refractivity contribution in [3.8, 4) is 0 Å². The van der Waals surface area contributed by atoms with E-state index in [0.29, 0.717) is 0 Å². The maximum absolute atomic E-state index is 2.31. The molecule has 2 aromatic carbocycles. The molecule has 0 fully saturated rings. The summed E-state index contributed by atoms with van der Waals surface area (Å²) in [7, 11) is 0. The Morgan fingerprint density at radius 3 is 0.795 bits per heavy atom. The number of benzene rings is 2. The van der Waals surface area contributed by atoms with Gasteiger partial charge in [-0.2, -0.15) is 0 Å². The molecular weight excluding hydrogens is 689 g/mol. The van der Waals surface area contributed by atoms with Crippen molar-refractivity contribution in [1.29, 1.82) is 0 Å². The molecule has 0 atom stereocenters. The van der Waals surface area contributed by atoms with E-state index in [1.54, 1.807) is 0 Å². The fraction of sp³-hybridized carbons (Fsp3) is 0. The van der Waals surface area contributed by atoms with Gasteiger partial charge in [-0.3, -0.25) is 0 Å². The summed E-state index contributed by atoms with van der Waals surface area (Å²) >= 11 is 15.1. The summed E-state index contributed by atoms with van der Waals surface area (Å²) in [6.45, 7) is 0. The predicted molar refractivity (Wildman–Crippen MR) is 206 cm³/mol. The normalized spacial score (nSPS) is 13.9. The minimum absolute atomic E-state index is 1.27. The molecule has 7 aromatic rings. The topological polar surface area (TPSA) is 0 Å². The van der Waals surface area contributed by atoms with Crippen molar-refractivity contribution in [3.05, 3.63) is 132 Å². The lowest BCUT2D eigenvalue weighted by molar-refractivity contribution is 1.27. The van der Waals surface area contributed by atoms with Crippen LogP contribution in [-0.2, 0) is 0 Å². The number of hydrogen-bond acceptors (Lipinski definition) is 8. The Morgan fingerprint density at radius 2 is 0.523 bits per heavy atom. The van der Waals surface area contributed by atoms with Gasteiger partial charge in [-0.25, -0.2) is 0 Å². The van der Waals surface area contributed by atoms with E-state index in [2.05, 4.69) is 121 Å². The Labute approximate surface area is 287 Å². The Kier molecular flexibility index (Phi) is 7.45. The number of rotatable bonds is 0. The fourth-order valence-corrected chi connectivity index (χ4v) is 15.0. The van der Waals surface area contributed by atoms with Crippen LogP contribution in [0.25, 0.3) is 46.1 Å². The highest BCUT2D eigenvalue weighted by atomic mass is 32.2. The number of thiophene rings is 4. The molecule has 44 heavy (non-hydrogen) atoms. The molecule has 2 aliphatic rings. The summed E-state index contributed by atoms with van der Waals surface area (Å²) in [5, 5.41) is 2.71. The molecule has 0 radical (unpaired) electrons. The summed E-state index contributed by atoms with van der Waals surface area (Å²) in [5.41, 5.74) is 0. The van der Waals surface area contributed by atoms with Crippen LogP contribution < -0.4 is 10.4 Å². The second-order valence-corrected chi connectivity index (χ2v) is 19.3. The molecule has 8 bridgehead atoms. The zero-order valence-electron chi connectivity index (χ0n) is 22.8. The first-order chi connectivity index (χ1) is 21.7. The minimum Gasteiger partial charge on any atom is -0.136 e. The first-order valence-corrected chi connectivity index (χ1v) is 20.4. The monoisotopic (exact) mass is 708 g/mol. The minimum atomic E-state index is 1.27. The molecule has 0 N–H and O–H groups in total. The molecule has 0 aliphatic carbocycles. The van der Waals surface area contributed by atoms with Gasteiger partial charge in [0.05, 0.1) is 8.47 Å². The smallest absolute Gasteiger partial charge is 0.0600 e. The zero-order valence-corrected chi connectivity index (χ0v) is 29.3. The van der Waals surface area contributed by atoms with Crippen molar-refractivity contribution in [2.75, 3.05) is 0 Å². The van der Waals surface area contributed by atoms with Crippen LogP contribution in [0, 0.1) is 0 Å². The number of thioether (sulfide) groups is 4. The molecule has 0 unspecified atom stereocenters. The van der Waals surface area contributed by atoms with Crippen LogP contribution in [0.3, 0.4) is 0 Å². The molecule has 9 rings (SSSR count). The predicted octanol–water partition coefficient (Wildman–Crippen LogP) is 12.7. The molecule has 0 saturated heterocycles. The van der Waals surface area contributed by atoms with Crippen LogP contribution in [0.2, 0.25) is 0 Å². The molecule has 0 amide bonds. The van der Waals surface area contributed by atoms with Gasteiger partial charge in [0, 0.05) is 67.6 Å². The molecule has 5 aromatic heterocycles. The molecule has 7 heterocycles. The van der Waals surface area contributed by atoms with Crippen LogP contribution in [0.1, 0.15) is 0 Å². The van der Waals surface area contributed by atoms with Gasteiger partial charge in [-0.1, -0.05) is 71.3 Å². The van der Waals surface area contributed by atoms with Gasteiger partial charge in [-0.15, -0.1) is 45.3 Å². The quantitative estimate of drug-likeness (QED) is 0.154. The molecule has 212 valence electrons. The molecule has 0 nitrogen and oxygen atoms in total. The van der Waals surface area contributed by atoms with Crippen molar-refractivity contribution in [3.63, 3.8) is 0 Å². The van der Waals surface area contributed by atoms with Crippen molar-refractivity contribution >= 4 is 138 Å². The summed E-state index contributed by atoms with van der Waals surface area (Å²) < 4.78 is 13.1. The van der Waals surface area contributed by atoms with E-state index in [4.69, 9.17) is 0 Å².